The van der Waals surface area contributed by atoms with Gasteiger partial charge in [-0.15, -0.1) is 0 Å². The summed E-state index contributed by atoms with van der Waals surface area (Å²) in [4.78, 5) is 49.5. The minimum atomic E-state index is -0.329. The molecule has 3 rings (SSSR count). The average Bonchev–Trinajstić information content (AvgIpc) is 2.71. The van der Waals surface area contributed by atoms with Crippen molar-refractivity contribution in [3.05, 3.63) is 59.7 Å². The zero-order valence-electron chi connectivity index (χ0n) is 16.3. The number of aryl methyl sites for hydroxylation is 1. The fourth-order valence-corrected chi connectivity index (χ4v) is 2.88. The van der Waals surface area contributed by atoms with E-state index in [-0.39, 0.29) is 43.0 Å². The first-order valence-electron chi connectivity index (χ1n) is 9.18. The van der Waals surface area contributed by atoms with Crippen molar-refractivity contribution in [3.63, 3.8) is 0 Å². The number of hydrazine groups is 1. The van der Waals surface area contributed by atoms with Gasteiger partial charge < -0.3 is 10.2 Å². The Labute approximate surface area is 168 Å². The van der Waals surface area contributed by atoms with Crippen LogP contribution < -0.4 is 15.8 Å². The third-order valence-corrected chi connectivity index (χ3v) is 4.49. The Kier molecular flexibility index (Phi) is 5.92. The summed E-state index contributed by atoms with van der Waals surface area (Å²) >= 11 is 0. The van der Waals surface area contributed by atoms with Crippen molar-refractivity contribution in [3.8, 4) is 0 Å². The number of carbonyl (C=O) groups is 4. The molecule has 1 aliphatic rings. The molecule has 1 fully saturated rings. The molecule has 2 aromatic rings. The highest BCUT2D eigenvalue weighted by Crippen LogP contribution is 2.18. The van der Waals surface area contributed by atoms with Gasteiger partial charge in [0.2, 0.25) is 17.7 Å². The number of carbonyl (C=O) groups excluding carboxylic acids is 4. The van der Waals surface area contributed by atoms with E-state index in [0.717, 1.165) is 5.56 Å². The highest BCUT2D eigenvalue weighted by atomic mass is 16.2. The number of likely N-dealkylation sites (N-methyl/N-ethyl adjacent to an activating group) is 1. The lowest BCUT2D eigenvalue weighted by Gasteiger charge is -2.27. The Hall–Kier alpha value is -3.68. The summed E-state index contributed by atoms with van der Waals surface area (Å²) in [6.45, 7) is 1.85. The Morgan fingerprint density at radius 1 is 1.03 bits per heavy atom. The van der Waals surface area contributed by atoms with Crippen molar-refractivity contribution in [1.82, 2.24) is 10.3 Å². The molecular weight excluding hydrogens is 372 g/mol. The number of nitrogens with one attached hydrogen (secondary N) is 2. The first kappa shape index (κ1) is 20.1. The minimum absolute atomic E-state index is 0.102. The van der Waals surface area contributed by atoms with Crippen LogP contribution in [0.4, 0.5) is 11.4 Å². The summed E-state index contributed by atoms with van der Waals surface area (Å²) < 4.78 is 0. The van der Waals surface area contributed by atoms with Crippen molar-refractivity contribution in [2.24, 2.45) is 0 Å². The normalized spacial score (nSPS) is 13.7. The molecule has 0 atom stereocenters. The largest absolute Gasteiger partial charge is 0.332 e. The van der Waals surface area contributed by atoms with Gasteiger partial charge in [0.25, 0.3) is 5.91 Å². The monoisotopic (exact) mass is 394 g/mol. The molecule has 8 heteroatoms. The standard InChI is InChI=1S/C21H22N4O4/c1-14-3-7-16(8-4-14)22-19(27)13-24(2)21(29)15-5-9-17(10-6-15)25-20(28)12-11-18(26)23-25/h3-10H,11-13H2,1-2H3,(H,22,27)(H,23,26). The Morgan fingerprint density at radius 3 is 2.34 bits per heavy atom. The van der Waals surface area contributed by atoms with Gasteiger partial charge in [-0.3, -0.25) is 24.6 Å². The van der Waals surface area contributed by atoms with Crippen LogP contribution >= 0.6 is 0 Å². The molecule has 0 aliphatic carbocycles. The highest BCUT2D eigenvalue weighted by molar-refractivity contribution is 6.02. The lowest BCUT2D eigenvalue weighted by atomic mass is 10.1. The van der Waals surface area contributed by atoms with E-state index in [2.05, 4.69) is 10.7 Å². The molecule has 150 valence electrons. The number of rotatable bonds is 5. The molecule has 0 aromatic heterocycles. The Bertz CT molecular complexity index is 938. The molecule has 0 radical (unpaired) electrons. The molecule has 2 aromatic carbocycles. The van der Waals surface area contributed by atoms with Gasteiger partial charge in [0.1, 0.15) is 0 Å². The maximum absolute atomic E-state index is 12.6. The highest BCUT2D eigenvalue weighted by Gasteiger charge is 2.24. The van der Waals surface area contributed by atoms with E-state index in [1.54, 1.807) is 43.4 Å². The second-order valence-electron chi connectivity index (χ2n) is 6.89. The van der Waals surface area contributed by atoms with E-state index in [9.17, 15) is 19.2 Å². The fraction of sp³-hybridized carbons (Fsp3) is 0.238. The molecule has 1 heterocycles. The van der Waals surface area contributed by atoms with Crippen LogP contribution in [-0.2, 0) is 14.4 Å². The van der Waals surface area contributed by atoms with Crippen molar-refractivity contribution in [2.75, 3.05) is 23.9 Å². The van der Waals surface area contributed by atoms with Crippen molar-refractivity contribution < 1.29 is 19.2 Å². The molecule has 4 amide bonds. The van der Waals surface area contributed by atoms with Gasteiger partial charge in [-0.2, -0.15) is 0 Å². The Morgan fingerprint density at radius 2 is 1.69 bits per heavy atom. The SMILES string of the molecule is Cc1ccc(NC(=O)CN(C)C(=O)c2ccc(N3NC(=O)CCC3=O)cc2)cc1. The van der Waals surface area contributed by atoms with E-state index in [4.69, 9.17) is 0 Å². The summed E-state index contributed by atoms with van der Waals surface area (Å²) in [5.41, 5.74) is 5.10. The fourth-order valence-electron chi connectivity index (χ4n) is 2.88. The molecule has 0 spiro atoms. The molecule has 0 unspecified atom stereocenters. The molecule has 0 bridgehead atoms. The number of nitrogens with zero attached hydrogens (tertiary/aromatic N) is 2. The van der Waals surface area contributed by atoms with Crippen LogP contribution in [0.1, 0.15) is 28.8 Å². The second kappa shape index (κ2) is 8.55. The topological polar surface area (TPSA) is 98.8 Å². The zero-order valence-corrected chi connectivity index (χ0v) is 16.3. The zero-order chi connectivity index (χ0) is 21.0. The number of benzene rings is 2. The molecule has 29 heavy (non-hydrogen) atoms. The number of hydrogen-bond acceptors (Lipinski definition) is 4. The maximum Gasteiger partial charge on any atom is 0.254 e. The molecule has 2 N–H and O–H groups in total. The lowest BCUT2D eigenvalue weighted by Crippen LogP contribution is -2.50. The first-order chi connectivity index (χ1) is 13.8. The molecule has 8 nitrogen and oxygen atoms in total. The number of anilines is 2. The van der Waals surface area contributed by atoms with Crippen LogP contribution in [0.3, 0.4) is 0 Å². The van der Waals surface area contributed by atoms with Crippen molar-refractivity contribution >= 4 is 35.0 Å². The van der Waals surface area contributed by atoms with Crippen LogP contribution in [0, 0.1) is 6.92 Å². The van der Waals surface area contributed by atoms with Gasteiger partial charge in [0, 0.05) is 31.1 Å². The van der Waals surface area contributed by atoms with E-state index in [0.29, 0.717) is 16.9 Å². The molecular formula is C21H22N4O4. The number of amides is 4. The summed E-state index contributed by atoms with van der Waals surface area (Å²) in [5.74, 6) is -1.08. The van der Waals surface area contributed by atoms with Gasteiger partial charge in [0.15, 0.2) is 0 Å². The maximum atomic E-state index is 12.6. The third-order valence-electron chi connectivity index (χ3n) is 4.49. The summed E-state index contributed by atoms with van der Waals surface area (Å²) in [6.07, 6.45) is 0.312. The van der Waals surface area contributed by atoms with E-state index in [1.165, 1.54) is 9.91 Å². The average molecular weight is 394 g/mol. The van der Waals surface area contributed by atoms with Crippen LogP contribution in [-0.4, -0.2) is 42.1 Å². The lowest BCUT2D eigenvalue weighted by molar-refractivity contribution is -0.130. The van der Waals surface area contributed by atoms with Crippen LogP contribution in [0.15, 0.2) is 48.5 Å². The predicted molar refractivity (Wildman–Crippen MR) is 108 cm³/mol. The van der Waals surface area contributed by atoms with E-state index >= 15 is 0 Å². The van der Waals surface area contributed by atoms with Gasteiger partial charge in [-0.25, -0.2) is 5.01 Å². The van der Waals surface area contributed by atoms with Crippen LogP contribution in [0.25, 0.3) is 0 Å². The van der Waals surface area contributed by atoms with E-state index < -0.39 is 0 Å². The molecule has 1 aliphatic heterocycles. The summed E-state index contributed by atoms with van der Waals surface area (Å²) in [6, 6.07) is 13.7. The number of hydrogen-bond donors (Lipinski definition) is 2. The van der Waals surface area contributed by atoms with Crippen molar-refractivity contribution in [1.29, 1.82) is 0 Å². The summed E-state index contributed by atoms with van der Waals surface area (Å²) in [5, 5.41) is 3.93. The minimum Gasteiger partial charge on any atom is -0.332 e. The van der Waals surface area contributed by atoms with Gasteiger partial charge >= 0.3 is 0 Å². The Balaban J connectivity index is 1.60. The quantitative estimate of drug-likeness (QED) is 0.809. The van der Waals surface area contributed by atoms with Crippen molar-refractivity contribution in [2.45, 2.75) is 19.8 Å². The third kappa shape index (κ3) is 4.98. The first-order valence-corrected chi connectivity index (χ1v) is 9.18. The van der Waals surface area contributed by atoms with Gasteiger partial charge in [-0.05, 0) is 43.3 Å². The van der Waals surface area contributed by atoms with E-state index in [1.807, 2.05) is 19.1 Å². The van der Waals surface area contributed by atoms with Crippen LogP contribution in [0.2, 0.25) is 0 Å². The predicted octanol–water partition coefficient (Wildman–Crippen LogP) is 1.86. The van der Waals surface area contributed by atoms with Gasteiger partial charge in [0.05, 0.1) is 12.2 Å². The molecule has 0 saturated carbocycles. The molecule has 1 saturated heterocycles. The second-order valence-corrected chi connectivity index (χ2v) is 6.89. The van der Waals surface area contributed by atoms with Gasteiger partial charge in [-0.1, -0.05) is 17.7 Å². The van der Waals surface area contributed by atoms with Crippen LogP contribution in [0.5, 0.6) is 0 Å². The smallest absolute Gasteiger partial charge is 0.254 e. The summed E-state index contributed by atoms with van der Waals surface area (Å²) in [7, 11) is 1.54.